The van der Waals surface area contributed by atoms with Crippen LogP contribution in [0.25, 0.3) is 0 Å². The molecule has 0 radical (unpaired) electrons. The van der Waals surface area contributed by atoms with Gasteiger partial charge < -0.3 is 0 Å². The van der Waals surface area contributed by atoms with E-state index in [4.69, 9.17) is 0 Å². The van der Waals surface area contributed by atoms with Gasteiger partial charge in [-0.3, -0.25) is 0 Å². The quantitative estimate of drug-likeness (QED) is 0.221. The first-order valence-electron chi connectivity index (χ1n) is 31.8. The third-order valence-electron chi connectivity index (χ3n) is 7.85. The Morgan fingerprint density at radius 1 is 0.325 bits per heavy atom. The van der Waals surface area contributed by atoms with E-state index < -0.39 is 0 Å². The summed E-state index contributed by atoms with van der Waals surface area (Å²) in [6, 6.07) is 31.0. The normalized spacial score (nSPS) is 8.29. The van der Waals surface area contributed by atoms with Gasteiger partial charge in [-0.2, -0.15) is 0 Å². The summed E-state index contributed by atoms with van der Waals surface area (Å²) in [7, 11) is 0. The monoisotopic (exact) mass is 1140 g/mol. The number of benzene rings is 3. The predicted octanol–water partition coefficient (Wildman–Crippen LogP) is 32.3. The summed E-state index contributed by atoms with van der Waals surface area (Å²) < 4.78 is 0. The molecule has 0 saturated carbocycles. The highest BCUT2D eigenvalue weighted by atomic mass is 14.1. The molecule has 0 heterocycles. The van der Waals surface area contributed by atoms with Gasteiger partial charge in [0.15, 0.2) is 0 Å². The maximum absolute atomic E-state index is 2.24. The van der Waals surface area contributed by atoms with E-state index in [0.717, 1.165) is 36.0 Å². The molecule has 0 unspecified atom stereocenters. The van der Waals surface area contributed by atoms with E-state index in [1.807, 2.05) is 70.2 Å². The first kappa shape index (κ1) is 128. The standard InChI is InChI=1S/C8H10.2C7H8.C6H14.5C5H12.3C4H10.2C3H8.2C2H6.5CH4/c1-2-8-6-4-3-5-7-8;2*1-7-5-3-2-4-6-7;1-5-6(2,3)4;1-5(2,3)4;3*1-4-5(2)3;1-3-5-4-2;2*1-4(2)3;1-3-4-2;2*1-3-2;2*1-2;;;;;/h3-7H,2H2,1H3;2*2-6H,1H3;5H2,1-4H3;1-4H3;3*5H,4H2,1-3H3;3-5H2,1-2H3;2*4H,1-3H3;3-4H2,1-2H3;2*3H2,1-2H3;2*1-2H3;5*1H4. The molecule has 0 aromatic heterocycles. The molecule has 3 rings (SSSR count). The predicted molar refractivity (Wildman–Crippen MR) is 404 cm³/mol. The average Bonchev–Trinajstić information content (AvgIpc) is 3.34. The van der Waals surface area contributed by atoms with Crippen LogP contribution < -0.4 is 0 Å². The van der Waals surface area contributed by atoms with Crippen molar-refractivity contribution < 1.29 is 0 Å². The van der Waals surface area contributed by atoms with Crippen LogP contribution in [-0.4, -0.2) is 0 Å². The van der Waals surface area contributed by atoms with Gasteiger partial charge in [0.05, 0.1) is 0 Å². The van der Waals surface area contributed by atoms with Crippen LogP contribution >= 0.6 is 0 Å². The summed E-state index contributed by atoms with van der Waals surface area (Å²) in [5, 5.41) is 0. The summed E-state index contributed by atoms with van der Waals surface area (Å²) in [6.07, 6.45) is 15.5. The van der Waals surface area contributed by atoms with Crippen molar-refractivity contribution in [2.75, 3.05) is 0 Å². The fourth-order valence-corrected chi connectivity index (χ4v) is 2.14. The molecule has 0 atom stereocenters. The third kappa shape index (κ3) is 332. The molecule has 0 amide bonds. The van der Waals surface area contributed by atoms with E-state index in [0.29, 0.717) is 10.8 Å². The van der Waals surface area contributed by atoms with Crippen LogP contribution in [0, 0.1) is 54.3 Å². The largest absolute Gasteiger partial charge is 0.0776 e. The molecule has 498 valence electrons. The van der Waals surface area contributed by atoms with Crippen molar-refractivity contribution in [2.45, 2.75) is 377 Å². The molecule has 3 aromatic rings. The zero-order valence-corrected chi connectivity index (χ0v) is 60.5. The maximum atomic E-state index is 2.24. The Balaban J connectivity index is -0.0000000323. The Morgan fingerprint density at radius 3 is 0.525 bits per heavy atom. The van der Waals surface area contributed by atoms with Crippen LogP contribution in [0.2, 0.25) is 0 Å². The highest BCUT2D eigenvalue weighted by Gasteiger charge is 2.03. The highest BCUT2D eigenvalue weighted by molar-refractivity contribution is 5.14. The maximum Gasteiger partial charge on any atom is -0.0307 e. The Hall–Kier alpha value is -2.34. The van der Waals surface area contributed by atoms with Crippen LogP contribution in [0.15, 0.2) is 91.0 Å². The minimum Gasteiger partial charge on any atom is -0.0776 e. The molecule has 0 aliphatic rings. The lowest BCUT2D eigenvalue weighted by Gasteiger charge is -2.12. The molecule has 3 aromatic carbocycles. The first-order chi connectivity index (χ1) is 34.7. The molecule has 0 heteroatoms. The summed E-state index contributed by atoms with van der Waals surface area (Å²) in [4.78, 5) is 0. The molecule has 0 bridgehead atoms. The van der Waals surface area contributed by atoms with Gasteiger partial charge in [0, 0.05) is 0 Å². The fraction of sp³-hybridized carbons (Fsp3) is 0.775. The number of unbranched alkanes of at least 4 members (excludes halogenated alkanes) is 3. The van der Waals surface area contributed by atoms with Gasteiger partial charge in [-0.05, 0) is 66.3 Å². The van der Waals surface area contributed by atoms with Crippen LogP contribution in [0.4, 0.5) is 0 Å². The summed E-state index contributed by atoms with van der Waals surface area (Å²) in [5.74, 6) is 4.32. The molecule has 0 spiro atoms. The molecule has 80 heavy (non-hydrogen) atoms. The topological polar surface area (TPSA) is 0 Å². The van der Waals surface area contributed by atoms with Crippen molar-refractivity contribution in [3.05, 3.63) is 108 Å². The van der Waals surface area contributed by atoms with Gasteiger partial charge in [-0.25, -0.2) is 0 Å². The fourth-order valence-electron chi connectivity index (χ4n) is 2.14. The molecular weight excluding hydrogens is 961 g/mol. The van der Waals surface area contributed by atoms with Crippen molar-refractivity contribution >= 4 is 0 Å². The van der Waals surface area contributed by atoms with Gasteiger partial charge in [-0.15, -0.1) is 0 Å². The van der Waals surface area contributed by atoms with Gasteiger partial charge in [0.1, 0.15) is 0 Å². The summed E-state index contributed by atoms with van der Waals surface area (Å²) in [6.45, 7) is 82.2. The molecule has 0 saturated heterocycles. The lowest BCUT2D eigenvalue weighted by atomic mass is 9.94. The molecular formula is C80H178. The highest BCUT2D eigenvalue weighted by Crippen LogP contribution is 2.16. The van der Waals surface area contributed by atoms with Crippen LogP contribution in [0.1, 0.15) is 374 Å². The van der Waals surface area contributed by atoms with E-state index in [2.05, 4.69) is 284 Å². The average molecular weight is 1140 g/mol. The van der Waals surface area contributed by atoms with Crippen molar-refractivity contribution in [3.8, 4) is 0 Å². The number of aryl methyl sites for hydroxylation is 3. The zero-order valence-electron chi connectivity index (χ0n) is 60.5. The molecule has 0 nitrogen and oxygen atoms in total. The van der Waals surface area contributed by atoms with Crippen molar-refractivity contribution in [2.24, 2.45) is 40.4 Å². The van der Waals surface area contributed by atoms with Crippen LogP contribution in [-0.2, 0) is 6.42 Å². The van der Waals surface area contributed by atoms with Gasteiger partial charge in [0.25, 0.3) is 0 Å². The van der Waals surface area contributed by atoms with Gasteiger partial charge >= 0.3 is 0 Å². The van der Waals surface area contributed by atoms with E-state index >= 15 is 0 Å². The second-order valence-corrected chi connectivity index (χ2v) is 23.7. The van der Waals surface area contributed by atoms with Crippen molar-refractivity contribution in [3.63, 3.8) is 0 Å². The Bertz CT molecular complexity index is 1060. The molecule has 0 aliphatic heterocycles. The molecule has 0 N–H and O–H groups in total. The van der Waals surface area contributed by atoms with Gasteiger partial charge in [-0.1, -0.05) is 459 Å². The summed E-state index contributed by atoms with van der Waals surface area (Å²) in [5.41, 5.74) is 5.09. The van der Waals surface area contributed by atoms with E-state index in [-0.39, 0.29) is 37.1 Å². The molecule has 0 fully saturated rings. The lowest BCUT2D eigenvalue weighted by molar-refractivity contribution is 0.398. The Kier molecular flexibility index (Phi) is 191. The zero-order chi connectivity index (χ0) is 62.7. The van der Waals surface area contributed by atoms with E-state index in [1.165, 1.54) is 87.3 Å². The van der Waals surface area contributed by atoms with E-state index in [9.17, 15) is 0 Å². The third-order valence-corrected chi connectivity index (χ3v) is 7.85. The lowest BCUT2D eigenvalue weighted by Crippen LogP contribution is -2.00. The second-order valence-electron chi connectivity index (χ2n) is 23.7. The summed E-state index contributed by atoms with van der Waals surface area (Å²) >= 11 is 0. The minimum absolute atomic E-state index is 0. The van der Waals surface area contributed by atoms with Crippen molar-refractivity contribution in [1.82, 2.24) is 0 Å². The Morgan fingerprint density at radius 2 is 0.475 bits per heavy atom. The Labute approximate surface area is 522 Å². The number of rotatable bonds is 7. The number of hydrogen-bond donors (Lipinski definition) is 0. The molecule has 0 aliphatic carbocycles. The van der Waals surface area contributed by atoms with Crippen LogP contribution in [0.5, 0.6) is 0 Å². The minimum atomic E-state index is 0. The van der Waals surface area contributed by atoms with Crippen LogP contribution in [0.3, 0.4) is 0 Å². The van der Waals surface area contributed by atoms with Gasteiger partial charge in [0.2, 0.25) is 0 Å². The number of hydrogen-bond acceptors (Lipinski definition) is 0. The first-order valence-corrected chi connectivity index (χ1v) is 31.8. The van der Waals surface area contributed by atoms with Crippen molar-refractivity contribution in [1.29, 1.82) is 0 Å². The van der Waals surface area contributed by atoms with E-state index in [1.54, 1.807) is 0 Å². The SMILES string of the molecule is C.C.C.C.C.CC.CC.CC(C)(C)C.CC(C)C.CC(C)C.CCC.CCC.CCC(C)(C)C.CCC(C)C.CCC(C)C.CCC(C)C.CCCC.CCCCC.CCc1ccccc1.Cc1ccccc1.Cc1ccccc1. The second kappa shape index (κ2) is 119. The smallest absolute Gasteiger partial charge is 0.0307 e.